The smallest absolute Gasteiger partial charge is 0.187 e. The molecule has 0 aliphatic carbocycles. The summed E-state index contributed by atoms with van der Waals surface area (Å²) in [6.07, 6.45) is 0. The molecule has 0 aliphatic heterocycles. The minimum atomic E-state index is -0.174. The molecule has 22 heavy (non-hydrogen) atoms. The molecule has 0 amide bonds. The van der Waals surface area contributed by atoms with E-state index in [0.29, 0.717) is 15.8 Å². The molecule has 1 aromatic heterocycles. The molecular weight excluding hydrogens is 322 g/mol. The van der Waals surface area contributed by atoms with Gasteiger partial charge < -0.3 is 15.8 Å². The average molecular weight is 333 g/mol. The minimum Gasteiger partial charge on any atom is -0.733 e. The van der Waals surface area contributed by atoms with Gasteiger partial charge in [0.25, 0.3) is 0 Å². The van der Waals surface area contributed by atoms with Crippen LogP contribution in [0.1, 0.15) is 0 Å². The van der Waals surface area contributed by atoms with Crippen molar-refractivity contribution >= 4 is 39.4 Å². The van der Waals surface area contributed by atoms with Crippen LogP contribution in [0.4, 0.5) is 16.5 Å². The lowest BCUT2D eigenvalue weighted by atomic mass is 10.2. The van der Waals surface area contributed by atoms with Crippen LogP contribution < -0.4 is 10.5 Å². The molecule has 3 aromatic rings. The predicted octanol–water partition coefficient (Wildman–Crippen LogP) is 4.90. The fraction of sp³-hybridized carbons (Fsp3) is 0. The van der Waals surface area contributed by atoms with Crippen molar-refractivity contribution in [2.45, 2.75) is 0 Å². The van der Waals surface area contributed by atoms with Gasteiger partial charge in [0.2, 0.25) is 0 Å². The second-order valence-corrected chi connectivity index (χ2v) is 5.79. The Kier molecular flexibility index (Phi) is 4.26. The van der Waals surface area contributed by atoms with Crippen LogP contribution in [0.2, 0.25) is 5.02 Å². The van der Waals surface area contributed by atoms with Crippen molar-refractivity contribution in [1.29, 1.82) is 0 Å². The van der Waals surface area contributed by atoms with Crippen LogP contribution in [0, 0.1) is 5.21 Å². The molecule has 0 radical (unpaired) electrons. The molecule has 7 heteroatoms. The van der Waals surface area contributed by atoms with Gasteiger partial charge in [-0.1, -0.05) is 29.8 Å². The van der Waals surface area contributed by atoms with E-state index in [1.54, 1.807) is 12.1 Å². The van der Waals surface area contributed by atoms with Crippen LogP contribution in [0.5, 0.6) is 0 Å². The van der Waals surface area contributed by atoms with Crippen molar-refractivity contribution in [2.75, 3.05) is 10.5 Å². The summed E-state index contributed by atoms with van der Waals surface area (Å²) < 4.78 is 0. The molecule has 2 N–H and O–H groups in total. The van der Waals surface area contributed by atoms with Crippen LogP contribution in [-0.4, -0.2) is 10.2 Å². The highest BCUT2D eigenvalue weighted by Crippen LogP contribution is 2.28. The maximum absolute atomic E-state index is 10.9. The van der Waals surface area contributed by atoms with Gasteiger partial charge in [0, 0.05) is 21.7 Å². The van der Waals surface area contributed by atoms with Crippen LogP contribution in [-0.2, 0) is 0 Å². The summed E-state index contributed by atoms with van der Waals surface area (Å²) in [6.45, 7) is 0. The van der Waals surface area contributed by atoms with Gasteiger partial charge >= 0.3 is 0 Å². The second kappa shape index (κ2) is 6.33. The quantitative estimate of drug-likeness (QED) is 0.665. The largest absolute Gasteiger partial charge is 0.733 e. The van der Waals surface area contributed by atoms with E-state index in [0.717, 1.165) is 11.3 Å². The highest BCUT2D eigenvalue weighted by Gasteiger charge is 2.05. The number of nitrogens with zero attached hydrogens (tertiary/aromatic N) is 2. The highest BCUT2D eigenvalue weighted by molar-refractivity contribution is 7.14. The standard InChI is InChI=1S/C15H11ClN3O2S/c16-11-6-4-10(5-7-11)14-9-22-15(18-14)17-12-2-1-3-13(8-12)19(20)21/h1-9,20H,(H,17,18)/q-1. The highest BCUT2D eigenvalue weighted by atomic mass is 35.5. The SMILES string of the molecule is [O-]N(O)c1cccc(Nc2nc(-c3ccc(Cl)cc3)cs2)c1. The average Bonchev–Trinajstić information content (AvgIpc) is 2.96. The van der Waals surface area contributed by atoms with Crippen molar-refractivity contribution in [3.63, 3.8) is 0 Å². The van der Waals surface area contributed by atoms with Crippen LogP contribution in [0.15, 0.2) is 53.9 Å². The van der Waals surface area contributed by atoms with Gasteiger partial charge in [-0.05, 0) is 30.3 Å². The topological polar surface area (TPSA) is 71.5 Å². The lowest BCUT2D eigenvalue weighted by Crippen LogP contribution is -2.06. The van der Waals surface area contributed by atoms with Gasteiger partial charge in [-0.25, -0.2) is 4.98 Å². The Bertz CT molecular complexity index is 774. The Balaban J connectivity index is 1.79. The maximum atomic E-state index is 10.9. The first-order valence-electron chi connectivity index (χ1n) is 6.36. The van der Waals surface area contributed by atoms with Crippen LogP contribution in [0.25, 0.3) is 11.3 Å². The van der Waals surface area contributed by atoms with Gasteiger partial charge in [-0.15, -0.1) is 11.3 Å². The summed E-state index contributed by atoms with van der Waals surface area (Å²) in [4.78, 5) is 4.49. The number of rotatable bonds is 4. The predicted molar refractivity (Wildman–Crippen MR) is 89.9 cm³/mol. The number of hydrogen-bond donors (Lipinski definition) is 2. The van der Waals surface area contributed by atoms with Crippen molar-refractivity contribution < 1.29 is 5.21 Å². The zero-order valence-electron chi connectivity index (χ0n) is 11.2. The molecule has 0 unspecified atom stereocenters. The molecule has 1 heterocycles. The molecule has 0 saturated heterocycles. The minimum absolute atomic E-state index is 0.152. The molecule has 0 bridgehead atoms. The molecule has 0 fully saturated rings. The first kappa shape index (κ1) is 14.8. The van der Waals surface area contributed by atoms with Gasteiger partial charge in [0.15, 0.2) is 5.13 Å². The molecule has 0 saturated carbocycles. The van der Waals surface area contributed by atoms with Crippen molar-refractivity contribution in [3.05, 3.63) is 64.1 Å². The number of benzene rings is 2. The third-order valence-electron chi connectivity index (χ3n) is 2.96. The lowest BCUT2D eigenvalue weighted by Gasteiger charge is -2.21. The maximum Gasteiger partial charge on any atom is 0.187 e. The first-order chi connectivity index (χ1) is 10.6. The zero-order valence-corrected chi connectivity index (χ0v) is 12.8. The van der Waals surface area contributed by atoms with E-state index in [2.05, 4.69) is 10.3 Å². The molecular formula is C15H11ClN3O2S-. The van der Waals surface area contributed by atoms with Gasteiger partial charge in [0.1, 0.15) is 0 Å². The van der Waals surface area contributed by atoms with Crippen molar-refractivity contribution in [1.82, 2.24) is 4.98 Å². The number of thiazole rings is 1. The number of hydrogen-bond acceptors (Lipinski definition) is 6. The van der Waals surface area contributed by atoms with Gasteiger partial charge in [-0.3, -0.25) is 5.21 Å². The monoisotopic (exact) mass is 332 g/mol. The molecule has 0 aliphatic rings. The zero-order chi connectivity index (χ0) is 15.5. The Morgan fingerprint density at radius 1 is 1.18 bits per heavy atom. The normalized spacial score (nSPS) is 10.5. The van der Waals surface area contributed by atoms with E-state index >= 15 is 0 Å². The Morgan fingerprint density at radius 3 is 2.68 bits per heavy atom. The number of halogens is 1. The summed E-state index contributed by atoms with van der Waals surface area (Å²) >= 11 is 7.32. The first-order valence-corrected chi connectivity index (χ1v) is 7.62. The summed E-state index contributed by atoms with van der Waals surface area (Å²) in [7, 11) is 0. The van der Waals surface area contributed by atoms with E-state index < -0.39 is 0 Å². The molecule has 2 aromatic carbocycles. The second-order valence-electron chi connectivity index (χ2n) is 4.49. The summed E-state index contributed by atoms with van der Waals surface area (Å²) in [5.41, 5.74) is 2.64. The van der Waals surface area contributed by atoms with Crippen molar-refractivity contribution in [2.24, 2.45) is 0 Å². The number of nitrogens with one attached hydrogen (secondary N) is 1. The fourth-order valence-electron chi connectivity index (χ4n) is 1.91. The van der Waals surface area contributed by atoms with E-state index in [9.17, 15) is 5.21 Å². The van der Waals surface area contributed by atoms with E-state index in [-0.39, 0.29) is 10.9 Å². The third-order valence-corrected chi connectivity index (χ3v) is 3.97. The van der Waals surface area contributed by atoms with Crippen LogP contribution in [0.3, 0.4) is 0 Å². The summed E-state index contributed by atoms with van der Waals surface area (Å²) in [5.74, 6) is 0. The van der Waals surface area contributed by atoms with Gasteiger partial charge in [0.05, 0.1) is 11.4 Å². The summed E-state index contributed by atoms with van der Waals surface area (Å²) in [6, 6.07) is 14.0. The molecule has 5 nitrogen and oxygen atoms in total. The molecule has 0 atom stereocenters. The molecule has 0 spiro atoms. The Morgan fingerprint density at radius 2 is 1.95 bits per heavy atom. The third kappa shape index (κ3) is 3.37. The van der Waals surface area contributed by atoms with Crippen LogP contribution >= 0.6 is 22.9 Å². The molecule has 3 rings (SSSR count). The van der Waals surface area contributed by atoms with E-state index in [4.69, 9.17) is 16.8 Å². The Hall–Kier alpha value is -2.12. The molecule has 112 valence electrons. The number of anilines is 3. The van der Waals surface area contributed by atoms with E-state index in [1.165, 1.54) is 23.5 Å². The number of aromatic nitrogens is 1. The van der Waals surface area contributed by atoms with E-state index in [1.807, 2.05) is 29.6 Å². The lowest BCUT2D eigenvalue weighted by molar-refractivity contribution is 0.296. The van der Waals surface area contributed by atoms with Crippen molar-refractivity contribution in [3.8, 4) is 11.3 Å². The fourth-order valence-corrected chi connectivity index (χ4v) is 2.78. The summed E-state index contributed by atoms with van der Waals surface area (Å²) in [5, 5.41) is 26.0. The Labute approximate surface area is 136 Å². The van der Waals surface area contributed by atoms with Gasteiger partial charge in [-0.2, -0.15) is 0 Å².